The van der Waals surface area contributed by atoms with Gasteiger partial charge in [0, 0.05) is 73.4 Å². The highest BCUT2D eigenvalue weighted by Crippen LogP contribution is 2.49. The van der Waals surface area contributed by atoms with Crippen LogP contribution in [0.5, 0.6) is 5.75 Å². The molecule has 1 aromatic heterocycles. The first-order valence-electron chi connectivity index (χ1n) is 13.2. The van der Waals surface area contributed by atoms with E-state index < -0.39 is 6.04 Å². The number of piperidine rings is 1. The molecule has 0 radical (unpaired) electrons. The standard InChI is InChI=1S/C27H38N4O5/c1-3-10-28-26(34)31-17-27(8-11-30(12-9-27)25(33)18-6-13-36-14-7-18)23-20-5-4-19(35-2)15-21(20)29-24(23)22(31)16-32/h4-5,15,18,22,29,32H,3,6-14,16-17H2,1-2H3,(H,28,34)/t22-/m1/s1. The zero-order chi connectivity index (χ0) is 25.3. The Balaban J connectivity index is 1.50. The second-order valence-corrected chi connectivity index (χ2v) is 10.4. The molecule has 2 aromatic rings. The lowest BCUT2D eigenvalue weighted by Gasteiger charge is -2.50. The van der Waals surface area contributed by atoms with Crippen LogP contribution in [-0.4, -0.2) is 84.9 Å². The van der Waals surface area contributed by atoms with Crippen LogP contribution in [0.1, 0.15) is 56.3 Å². The van der Waals surface area contributed by atoms with Crippen molar-refractivity contribution in [2.75, 3.05) is 53.1 Å². The minimum absolute atomic E-state index is 0.0466. The molecule has 2 fully saturated rings. The number of carbonyl (C=O) groups excluding carboxylic acids is 2. The third kappa shape index (κ3) is 4.32. The van der Waals surface area contributed by atoms with Crippen LogP contribution in [0.4, 0.5) is 4.79 Å². The molecule has 9 nitrogen and oxygen atoms in total. The first-order valence-corrected chi connectivity index (χ1v) is 13.2. The van der Waals surface area contributed by atoms with Crippen LogP contribution >= 0.6 is 0 Å². The van der Waals surface area contributed by atoms with Crippen molar-refractivity contribution in [1.82, 2.24) is 20.1 Å². The predicted molar refractivity (Wildman–Crippen MR) is 136 cm³/mol. The van der Waals surface area contributed by atoms with E-state index in [4.69, 9.17) is 9.47 Å². The van der Waals surface area contributed by atoms with Gasteiger partial charge in [0.1, 0.15) is 5.75 Å². The maximum Gasteiger partial charge on any atom is 0.318 e. The van der Waals surface area contributed by atoms with Crippen LogP contribution in [-0.2, 0) is 14.9 Å². The Morgan fingerprint density at radius 3 is 2.67 bits per heavy atom. The number of aromatic nitrogens is 1. The largest absolute Gasteiger partial charge is 0.497 e. The third-order valence-electron chi connectivity index (χ3n) is 8.31. The van der Waals surface area contributed by atoms with Crippen molar-refractivity contribution in [3.05, 3.63) is 29.5 Å². The summed E-state index contributed by atoms with van der Waals surface area (Å²) in [4.78, 5) is 33.8. The van der Waals surface area contributed by atoms with Crippen molar-refractivity contribution in [3.63, 3.8) is 0 Å². The number of nitrogens with zero attached hydrogens (tertiary/aromatic N) is 2. The number of likely N-dealkylation sites (tertiary alicyclic amines) is 1. The minimum Gasteiger partial charge on any atom is -0.497 e. The van der Waals surface area contributed by atoms with Crippen LogP contribution in [0.25, 0.3) is 10.9 Å². The molecule has 0 saturated carbocycles. The van der Waals surface area contributed by atoms with Gasteiger partial charge in [-0.3, -0.25) is 4.79 Å². The minimum atomic E-state index is -0.456. The van der Waals surface area contributed by atoms with Crippen LogP contribution in [0.15, 0.2) is 18.2 Å². The topological polar surface area (TPSA) is 107 Å². The Labute approximate surface area is 212 Å². The zero-order valence-electron chi connectivity index (χ0n) is 21.3. The quantitative estimate of drug-likeness (QED) is 0.588. The Bertz CT molecular complexity index is 1100. The normalized spacial score (nSPS) is 22.0. The van der Waals surface area contributed by atoms with Gasteiger partial charge in [0.05, 0.1) is 19.8 Å². The number of aliphatic hydroxyl groups excluding tert-OH is 1. The van der Waals surface area contributed by atoms with Crippen LogP contribution in [0, 0.1) is 5.92 Å². The Kier molecular flexibility index (Phi) is 7.12. The van der Waals surface area contributed by atoms with Gasteiger partial charge in [0.25, 0.3) is 0 Å². The summed E-state index contributed by atoms with van der Waals surface area (Å²) in [6.07, 6.45) is 3.96. The van der Waals surface area contributed by atoms with Gasteiger partial charge in [-0.25, -0.2) is 4.79 Å². The molecule has 0 aliphatic carbocycles. The lowest BCUT2D eigenvalue weighted by molar-refractivity contribution is -0.140. The molecule has 5 rings (SSSR count). The van der Waals surface area contributed by atoms with Crippen LogP contribution < -0.4 is 10.1 Å². The molecule has 196 valence electrons. The molecular weight excluding hydrogens is 460 g/mol. The molecule has 1 spiro atoms. The maximum atomic E-state index is 13.3. The summed E-state index contributed by atoms with van der Waals surface area (Å²) in [5, 5.41) is 14.5. The van der Waals surface area contributed by atoms with Gasteiger partial charge in [-0.05, 0) is 49.8 Å². The lowest BCUT2D eigenvalue weighted by Crippen LogP contribution is -2.58. The summed E-state index contributed by atoms with van der Waals surface area (Å²) in [5.74, 6) is 1.04. The highest BCUT2D eigenvalue weighted by molar-refractivity contribution is 5.89. The van der Waals surface area contributed by atoms with Gasteiger partial charge in [-0.2, -0.15) is 0 Å². The van der Waals surface area contributed by atoms with Crippen molar-refractivity contribution in [2.45, 2.75) is 50.5 Å². The number of amides is 3. The van der Waals surface area contributed by atoms with Crippen molar-refractivity contribution in [1.29, 1.82) is 0 Å². The van der Waals surface area contributed by atoms with Crippen molar-refractivity contribution < 1.29 is 24.2 Å². The lowest BCUT2D eigenvalue weighted by atomic mass is 9.68. The molecule has 0 unspecified atom stereocenters. The molecule has 1 atom stereocenters. The summed E-state index contributed by atoms with van der Waals surface area (Å²) in [6.45, 7) is 5.58. The second-order valence-electron chi connectivity index (χ2n) is 10.4. The van der Waals surface area contributed by atoms with E-state index in [-0.39, 0.29) is 29.9 Å². The number of hydrogen-bond donors (Lipinski definition) is 3. The second kappa shape index (κ2) is 10.3. The molecule has 36 heavy (non-hydrogen) atoms. The molecule has 3 aliphatic rings. The molecule has 3 aliphatic heterocycles. The number of fused-ring (bicyclic) bond motifs is 4. The van der Waals surface area contributed by atoms with Gasteiger partial charge in [0.15, 0.2) is 0 Å². The third-order valence-corrected chi connectivity index (χ3v) is 8.31. The highest BCUT2D eigenvalue weighted by atomic mass is 16.5. The van der Waals surface area contributed by atoms with E-state index in [9.17, 15) is 14.7 Å². The number of benzene rings is 1. The Hall–Kier alpha value is -2.78. The van der Waals surface area contributed by atoms with Gasteiger partial charge < -0.3 is 34.7 Å². The zero-order valence-corrected chi connectivity index (χ0v) is 21.3. The number of urea groups is 1. The summed E-state index contributed by atoms with van der Waals surface area (Å²) < 4.78 is 10.9. The summed E-state index contributed by atoms with van der Waals surface area (Å²) >= 11 is 0. The van der Waals surface area contributed by atoms with E-state index in [1.54, 1.807) is 12.0 Å². The van der Waals surface area contributed by atoms with Gasteiger partial charge in [-0.1, -0.05) is 6.92 Å². The molecule has 9 heteroatoms. The number of H-pyrrole nitrogens is 1. The predicted octanol–water partition coefficient (Wildman–Crippen LogP) is 2.93. The van der Waals surface area contributed by atoms with E-state index in [2.05, 4.69) is 16.4 Å². The molecule has 0 bridgehead atoms. The van der Waals surface area contributed by atoms with E-state index in [1.165, 1.54) is 5.56 Å². The summed E-state index contributed by atoms with van der Waals surface area (Å²) in [6, 6.07) is 5.40. The molecule has 3 N–H and O–H groups in total. The molecule has 3 amide bonds. The number of carbonyl (C=O) groups is 2. The Morgan fingerprint density at radius 2 is 2.00 bits per heavy atom. The Morgan fingerprint density at radius 1 is 1.25 bits per heavy atom. The number of methoxy groups -OCH3 is 1. The average Bonchev–Trinajstić information content (AvgIpc) is 3.31. The first-order chi connectivity index (χ1) is 17.5. The fourth-order valence-corrected chi connectivity index (χ4v) is 6.32. The molecule has 1 aromatic carbocycles. The maximum absolute atomic E-state index is 13.3. The van der Waals surface area contributed by atoms with E-state index in [0.717, 1.165) is 54.5 Å². The van der Waals surface area contributed by atoms with Crippen molar-refractivity contribution >= 4 is 22.8 Å². The number of ether oxygens (including phenoxy) is 2. The monoisotopic (exact) mass is 498 g/mol. The van der Waals surface area contributed by atoms with Crippen molar-refractivity contribution in [3.8, 4) is 5.75 Å². The van der Waals surface area contributed by atoms with E-state index in [1.807, 2.05) is 24.0 Å². The highest BCUT2D eigenvalue weighted by Gasteiger charge is 2.49. The van der Waals surface area contributed by atoms with Gasteiger partial charge in [-0.15, -0.1) is 0 Å². The van der Waals surface area contributed by atoms with Crippen LogP contribution in [0.3, 0.4) is 0 Å². The molecule has 4 heterocycles. The number of rotatable bonds is 5. The fraction of sp³-hybridized carbons (Fsp3) is 0.630. The number of aromatic amines is 1. The van der Waals surface area contributed by atoms with E-state index >= 15 is 0 Å². The summed E-state index contributed by atoms with van der Waals surface area (Å²) in [5.41, 5.74) is 2.71. The van der Waals surface area contributed by atoms with Crippen LogP contribution in [0.2, 0.25) is 0 Å². The number of nitrogens with one attached hydrogen (secondary N) is 2. The molecule has 2 saturated heterocycles. The van der Waals surface area contributed by atoms with Gasteiger partial charge >= 0.3 is 6.03 Å². The fourth-order valence-electron chi connectivity index (χ4n) is 6.32. The molecular formula is C27H38N4O5. The first kappa shape index (κ1) is 24.9. The van der Waals surface area contributed by atoms with Crippen molar-refractivity contribution in [2.24, 2.45) is 5.92 Å². The average molecular weight is 499 g/mol. The SMILES string of the molecule is CCCNC(=O)N1CC2(CCN(C(=O)C3CCOCC3)CC2)c2c([nH]c3cc(OC)ccc23)[C@H]1CO. The smallest absolute Gasteiger partial charge is 0.318 e. The van der Waals surface area contributed by atoms with E-state index in [0.29, 0.717) is 39.4 Å². The summed E-state index contributed by atoms with van der Waals surface area (Å²) in [7, 11) is 1.65. The van der Waals surface area contributed by atoms with Gasteiger partial charge in [0.2, 0.25) is 5.91 Å². The number of hydrogen-bond acceptors (Lipinski definition) is 5. The number of aliphatic hydroxyl groups is 1.